The molecular formula is C26H22BrN7O. The van der Waals surface area contributed by atoms with E-state index in [0.717, 1.165) is 54.7 Å². The van der Waals surface area contributed by atoms with E-state index in [1.54, 1.807) is 4.68 Å². The van der Waals surface area contributed by atoms with Crippen molar-refractivity contribution in [1.82, 2.24) is 24.7 Å². The average Bonchev–Trinajstić information content (AvgIpc) is 3.50. The largest absolute Gasteiger partial charge is 0.359 e. The molecule has 0 spiro atoms. The highest BCUT2D eigenvalue weighted by molar-refractivity contribution is 9.10. The summed E-state index contributed by atoms with van der Waals surface area (Å²) < 4.78 is 2.77. The minimum atomic E-state index is 0.00603. The minimum Gasteiger partial charge on any atom is -0.359 e. The van der Waals surface area contributed by atoms with Crippen molar-refractivity contribution in [2.75, 3.05) is 10.2 Å². The number of anilines is 3. The van der Waals surface area contributed by atoms with Gasteiger partial charge in [0.15, 0.2) is 5.82 Å². The molecule has 0 unspecified atom stereocenters. The summed E-state index contributed by atoms with van der Waals surface area (Å²) in [6, 6.07) is 13.7. The molecule has 0 aliphatic carbocycles. The number of aryl methyl sites for hydroxylation is 3. The molecule has 3 aromatic heterocycles. The normalized spacial score (nSPS) is 13.0. The number of hydrogen-bond acceptors (Lipinski definition) is 5. The van der Waals surface area contributed by atoms with Crippen LogP contribution in [0.4, 0.5) is 17.5 Å². The van der Waals surface area contributed by atoms with Gasteiger partial charge in [0, 0.05) is 52.2 Å². The molecule has 8 nitrogen and oxygen atoms in total. The summed E-state index contributed by atoms with van der Waals surface area (Å²) in [5.41, 5.74) is 7.26. The van der Waals surface area contributed by atoms with Gasteiger partial charge in [-0.05, 0) is 49.2 Å². The maximum Gasteiger partial charge on any atom is 0.259 e. The summed E-state index contributed by atoms with van der Waals surface area (Å²) in [5.74, 6) is 1.18. The SMILES string of the molecule is Cc1cnc(Nc2cc(C)n(C)n2)nc1-c1c[nH]c2c(N3Cc4cc(Br)ccc4C3=O)cccc12. The Hall–Kier alpha value is -3.98. The van der Waals surface area contributed by atoms with Crippen LogP contribution >= 0.6 is 15.9 Å². The molecule has 1 amide bonds. The number of benzene rings is 2. The predicted molar refractivity (Wildman–Crippen MR) is 140 cm³/mol. The molecular weight excluding hydrogens is 506 g/mol. The topological polar surface area (TPSA) is 91.7 Å². The number of hydrogen-bond donors (Lipinski definition) is 2. The number of rotatable bonds is 4. The van der Waals surface area contributed by atoms with Crippen molar-refractivity contribution in [3.05, 3.63) is 81.7 Å². The number of aromatic amines is 1. The van der Waals surface area contributed by atoms with Crippen molar-refractivity contribution in [2.45, 2.75) is 20.4 Å². The second-order valence-electron chi connectivity index (χ2n) is 8.74. The Kier molecular flexibility index (Phi) is 4.96. The molecule has 0 bridgehead atoms. The second-order valence-corrected chi connectivity index (χ2v) is 9.66. The van der Waals surface area contributed by atoms with Crippen molar-refractivity contribution in [1.29, 1.82) is 0 Å². The number of aromatic nitrogens is 5. The predicted octanol–water partition coefficient (Wildman–Crippen LogP) is 5.64. The number of fused-ring (bicyclic) bond motifs is 2. The van der Waals surface area contributed by atoms with Crippen LogP contribution in [0.5, 0.6) is 0 Å². The van der Waals surface area contributed by atoms with Crippen molar-refractivity contribution in [3.8, 4) is 11.3 Å². The fourth-order valence-electron chi connectivity index (χ4n) is 4.55. The van der Waals surface area contributed by atoms with Gasteiger partial charge in [0.25, 0.3) is 5.91 Å². The van der Waals surface area contributed by atoms with Crippen LogP contribution in [0.2, 0.25) is 0 Å². The number of carbonyl (C=O) groups excluding carboxylic acids is 1. The molecule has 6 rings (SSSR count). The fraction of sp³-hybridized carbons (Fsp3) is 0.154. The van der Waals surface area contributed by atoms with Crippen LogP contribution in [-0.4, -0.2) is 30.6 Å². The maximum atomic E-state index is 13.2. The standard InChI is InChI=1S/C26H22BrN7O/c1-14-11-29-26(30-22-9-15(2)33(3)32-22)31-23(14)20-12-28-24-19(20)5-4-6-21(24)34-13-16-10-17(27)7-8-18(16)25(34)35/h4-12,28H,13H2,1-3H3,(H,29,30,31,32). The third-order valence-electron chi connectivity index (χ3n) is 6.44. The zero-order chi connectivity index (χ0) is 24.3. The van der Waals surface area contributed by atoms with Crippen LogP contribution < -0.4 is 10.2 Å². The average molecular weight is 528 g/mol. The Morgan fingerprint density at radius 3 is 2.77 bits per heavy atom. The fourth-order valence-corrected chi connectivity index (χ4v) is 4.96. The number of H-pyrrole nitrogens is 1. The van der Waals surface area contributed by atoms with Gasteiger partial charge in [0.05, 0.1) is 23.4 Å². The molecule has 9 heteroatoms. The van der Waals surface area contributed by atoms with Crippen LogP contribution in [0.3, 0.4) is 0 Å². The number of nitrogens with zero attached hydrogens (tertiary/aromatic N) is 5. The summed E-state index contributed by atoms with van der Waals surface area (Å²) in [6.45, 7) is 4.52. The lowest BCUT2D eigenvalue weighted by molar-refractivity contribution is 0.0997. The van der Waals surface area contributed by atoms with Gasteiger partial charge in [-0.15, -0.1) is 0 Å². The van der Waals surface area contributed by atoms with E-state index in [9.17, 15) is 4.79 Å². The first-order valence-corrected chi connectivity index (χ1v) is 12.0. The Balaban J connectivity index is 1.39. The molecule has 0 radical (unpaired) electrons. The Morgan fingerprint density at radius 1 is 1.11 bits per heavy atom. The third-order valence-corrected chi connectivity index (χ3v) is 6.93. The summed E-state index contributed by atoms with van der Waals surface area (Å²) in [7, 11) is 1.90. The van der Waals surface area contributed by atoms with Crippen molar-refractivity contribution < 1.29 is 4.79 Å². The molecule has 0 fully saturated rings. The summed E-state index contributed by atoms with van der Waals surface area (Å²) in [6.07, 6.45) is 3.75. The van der Waals surface area contributed by atoms with E-state index in [1.165, 1.54) is 0 Å². The number of nitrogens with one attached hydrogen (secondary N) is 2. The monoisotopic (exact) mass is 527 g/mol. The minimum absolute atomic E-state index is 0.00603. The van der Waals surface area contributed by atoms with E-state index in [2.05, 4.69) is 36.3 Å². The van der Waals surface area contributed by atoms with Crippen LogP contribution in [-0.2, 0) is 13.6 Å². The first kappa shape index (κ1) is 21.5. The summed E-state index contributed by atoms with van der Waals surface area (Å²) in [5, 5.41) is 8.63. The van der Waals surface area contributed by atoms with Gasteiger partial charge in [-0.1, -0.05) is 28.1 Å². The zero-order valence-electron chi connectivity index (χ0n) is 19.4. The van der Waals surface area contributed by atoms with Gasteiger partial charge in [-0.25, -0.2) is 9.97 Å². The Labute approximate surface area is 210 Å². The van der Waals surface area contributed by atoms with Crippen LogP contribution in [0, 0.1) is 13.8 Å². The first-order chi connectivity index (χ1) is 16.9. The van der Waals surface area contributed by atoms with E-state index in [0.29, 0.717) is 18.3 Å². The summed E-state index contributed by atoms with van der Waals surface area (Å²) in [4.78, 5) is 27.7. The highest BCUT2D eigenvalue weighted by Gasteiger charge is 2.30. The quantitative estimate of drug-likeness (QED) is 0.315. The molecule has 35 heavy (non-hydrogen) atoms. The molecule has 5 aromatic rings. The lowest BCUT2D eigenvalue weighted by atomic mass is 10.1. The lowest BCUT2D eigenvalue weighted by Gasteiger charge is -2.17. The van der Waals surface area contributed by atoms with E-state index >= 15 is 0 Å². The molecule has 4 heterocycles. The Morgan fingerprint density at radius 2 is 1.97 bits per heavy atom. The molecule has 174 valence electrons. The van der Waals surface area contributed by atoms with Gasteiger partial charge in [0.1, 0.15) is 0 Å². The van der Waals surface area contributed by atoms with Gasteiger partial charge in [0.2, 0.25) is 5.95 Å². The molecule has 2 N–H and O–H groups in total. The molecule has 2 aromatic carbocycles. The van der Waals surface area contributed by atoms with E-state index < -0.39 is 0 Å². The number of para-hydroxylation sites is 1. The van der Waals surface area contributed by atoms with Gasteiger partial charge in [-0.3, -0.25) is 9.48 Å². The highest BCUT2D eigenvalue weighted by Crippen LogP contribution is 2.38. The van der Waals surface area contributed by atoms with E-state index in [4.69, 9.17) is 4.98 Å². The summed E-state index contributed by atoms with van der Waals surface area (Å²) >= 11 is 3.51. The number of carbonyl (C=O) groups is 1. The van der Waals surface area contributed by atoms with Crippen LogP contribution in [0.15, 0.2) is 59.3 Å². The smallest absolute Gasteiger partial charge is 0.259 e. The number of amides is 1. The van der Waals surface area contributed by atoms with Crippen molar-refractivity contribution in [2.24, 2.45) is 7.05 Å². The van der Waals surface area contributed by atoms with Crippen LogP contribution in [0.25, 0.3) is 22.2 Å². The van der Waals surface area contributed by atoms with Gasteiger partial charge in [-0.2, -0.15) is 5.10 Å². The van der Waals surface area contributed by atoms with Crippen LogP contribution in [0.1, 0.15) is 27.2 Å². The third kappa shape index (κ3) is 3.59. The highest BCUT2D eigenvalue weighted by atomic mass is 79.9. The molecule has 1 aliphatic heterocycles. The van der Waals surface area contributed by atoms with E-state index in [1.807, 2.05) is 80.7 Å². The zero-order valence-corrected chi connectivity index (χ0v) is 21.0. The Bertz CT molecular complexity index is 1620. The van der Waals surface area contributed by atoms with Crippen molar-refractivity contribution in [3.63, 3.8) is 0 Å². The molecule has 0 atom stereocenters. The second kappa shape index (κ2) is 8.06. The molecule has 1 aliphatic rings. The first-order valence-electron chi connectivity index (χ1n) is 11.2. The van der Waals surface area contributed by atoms with Gasteiger partial charge >= 0.3 is 0 Å². The number of halogens is 1. The maximum absolute atomic E-state index is 13.2. The lowest BCUT2D eigenvalue weighted by Crippen LogP contribution is -2.23. The van der Waals surface area contributed by atoms with Crippen molar-refractivity contribution >= 4 is 50.2 Å². The molecule has 0 saturated carbocycles. The van der Waals surface area contributed by atoms with E-state index in [-0.39, 0.29) is 5.91 Å². The molecule has 0 saturated heterocycles. The van der Waals surface area contributed by atoms with Gasteiger partial charge < -0.3 is 15.2 Å².